The number of amides is 1. The monoisotopic (exact) mass is 290 g/mol. The lowest BCUT2D eigenvalue weighted by Gasteiger charge is -2.03. The molecule has 3 aromatic rings. The lowest BCUT2D eigenvalue weighted by molar-refractivity contribution is 0.0996. The smallest absolute Gasteiger partial charge is 0.271 e. The first kappa shape index (κ1) is 13.5. The molecule has 3 rings (SSSR count). The van der Waals surface area contributed by atoms with Gasteiger partial charge in [-0.15, -0.1) is 0 Å². The standard InChI is InChI=1S/C15H10N6O/c16-6-9-5-12(8-18-7-9)10-1-3-11(4-2-10)13-14(15(17)22)20-21-19-13/h1-5,7-8H,(H2,17,22)(H,19,20,21). The van der Waals surface area contributed by atoms with Crippen molar-refractivity contribution >= 4 is 5.91 Å². The van der Waals surface area contributed by atoms with Crippen LogP contribution in [0.15, 0.2) is 42.7 Å². The lowest BCUT2D eigenvalue weighted by atomic mass is 10.0. The summed E-state index contributed by atoms with van der Waals surface area (Å²) in [6.07, 6.45) is 3.19. The summed E-state index contributed by atoms with van der Waals surface area (Å²) in [5, 5.41) is 19.0. The number of nitriles is 1. The van der Waals surface area contributed by atoms with E-state index in [1.54, 1.807) is 24.4 Å². The number of aromatic amines is 1. The molecule has 0 bridgehead atoms. The van der Waals surface area contributed by atoms with E-state index in [0.29, 0.717) is 11.3 Å². The first-order valence-electron chi connectivity index (χ1n) is 6.35. The van der Waals surface area contributed by atoms with Crippen molar-refractivity contribution in [2.24, 2.45) is 5.73 Å². The summed E-state index contributed by atoms with van der Waals surface area (Å²) in [6.45, 7) is 0. The third-order valence-electron chi connectivity index (χ3n) is 3.14. The van der Waals surface area contributed by atoms with E-state index in [9.17, 15) is 4.79 Å². The molecule has 3 N–H and O–H groups in total. The van der Waals surface area contributed by atoms with E-state index in [0.717, 1.165) is 16.7 Å². The molecule has 0 spiro atoms. The maximum Gasteiger partial charge on any atom is 0.271 e. The van der Waals surface area contributed by atoms with Crippen LogP contribution in [0.5, 0.6) is 0 Å². The molecular weight excluding hydrogens is 280 g/mol. The normalized spacial score (nSPS) is 10.1. The third kappa shape index (κ3) is 2.41. The number of H-pyrrole nitrogens is 1. The van der Waals surface area contributed by atoms with Crippen molar-refractivity contribution in [2.45, 2.75) is 0 Å². The summed E-state index contributed by atoms with van der Waals surface area (Å²) >= 11 is 0. The maximum absolute atomic E-state index is 11.3. The average molecular weight is 290 g/mol. The second-order valence-corrected chi connectivity index (χ2v) is 4.54. The Labute approximate surface area is 125 Å². The minimum absolute atomic E-state index is 0.0981. The molecule has 1 amide bonds. The van der Waals surface area contributed by atoms with Crippen LogP contribution in [0.25, 0.3) is 22.4 Å². The minimum Gasteiger partial charge on any atom is -0.364 e. The van der Waals surface area contributed by atoms with E-state index >= 15 is 0 Å². The predicted molar refractivity (Wildman–Crippen MR) is 78.3 cm³/mol. The Bertz CT molecular complexity index is 876. The first-order valence-corrected chi connectivity index (χ1v) is 6.35. The number of nitrogens with zero attached hydrogens (tertiary/aromatic N) is 4. The number of hydrogen-bond donors (Lipinski definition) is 2. The summed E-state index contributed by atoms with van der Waals surface area (Å²) in [5.74, 6) is -0.640. The Kier molecular flexibility index (Phi) is 3.34. The van der Waals surface area contributed by atoms with E-state index in [1.165, 1.54) is 6.20 Å². The Morgan fingerprint density at radius 1 is 1.09 bits per heavy atom. The zero-order valence-corrected chi connectivity index (χ0v) is 11.3. The van der Waals surface area contributed by atoms with Crippen LogP contribution in [-0.4, -0.2) is 26.3 Å². The van der Waals surface area contributed by atoms with Gasteiger partial charge in [0.1, 0.15) is 11.8 Å². The fourth-order valence-electron chi connectivity index (χ4n) is 2.08. The molecule has 0 fully saturated rings. The zero-order chi connectivity index (χ0) is 15.5. The number of rotatable bonds is 3. The molecule has 0 unspecified atom stereocenters. The van der Waals surface area contributed by atoms with Gasteiger partial charge in [-0.1, -0.05) is 24.3 Å². The summed E-state index contributed by atoms with van der Waals surface area (Å²) < 4.78 is 0. The van der Waals surface area contributed by atoms with Crippen LogP contribution < -0.4 is 5.73 Å². The van der Waals surface area contributed by atoms with Crippen LogP contribution >= 0.6 is 0 Å². The summed E-state index contributed by atoms with van der Waals surface area (Å²) in [4.78, 5) is 15.3. The molecule has 0 radical (unpaired) electrons. The minimum atomic E-state index is -0.640. The van der Waals surface area contributed by atoms with E-state index in [-0.39, 0.29) is 5.69 Å². The molecule has 7 heteroatoms. The highest BCUT2D eigenvalue weighted by Crippen LogP contribution is 2.24. The van der Waals surface area contributed by atoms with Gasteiger partial charge in [-0.3, -0.25) is 9.78 Å². The van der Waals surface area contributed by atoms with Crippen molar-refractivity contribution in [3.05, 3.63) is 54.0 Å². The van der Waals surface area contributed by atoms with Crippen LogP contribution in [0, 0.1) is 11.3 Å². The number of hydrogen-bond acceptors (Lipinski definition) is 5. The van der Waals surface area contributed by atoms with Crippen molar-refractivity contribution in [3.8, 4) is 28.5 Å². The first-order chi connectivity index (χ1) is 10.7. The molecule has 0 aliphatic carbocycles. The van der Waals surface area contributed by atoms with Crippen LogP contribution in [0.4, 0.5) is 0 Å². The van der Waals surface area contributed by atoms with Gasteiger partial charge in [0.05, 0.1) is 5.56 Å². The van der Waals surface area contributed by atoms with Crippen LogP contribution in [0.2, 0.25) is 0 Å². The quantitative estimate of drug-likeness (QED) is 0.757. The van der Waals surface area contributed by atoms with Gasteiger partial charge in [-0.25, -0.2) is 0 Å². The predicted octanol–water partition coefficient (Wildman–Crippen LogP) is 1.50. The number of carbonyl (C=O) groups is 1. The van der Waals surface area contributed by atoms with Crippen molar-refractivity contribution in [1.82, 2.24) is 20.4 Å². The Morgan fingerprint density at radius 3 is 2.50 bits per heavy atom. The molecule has 22 heavy (non-hydrogen) atoms. The van der Waals surface area contributed by atoms with Gasteiger partial charge in [-0.2, -0.15) is 20.7 Å². The summed E-state index contributed by atoms with van der Waals surface area (Å²) in [6, 6.07) is 11.1. The zero-order valence-electron chi connectivity index (χ0n) is 11.3. The van der Waals surface area contributed by atoms with Crippen LogP contribution in [-0.2, 0) is 0 Å². The Morgan fingerprint density at radius 2 is 1.82 bits per heavy atom. The molecule has 0 aliphatic heterocycles. The van der Waals surface area contributed by atoms with Crippen molar-refractivity contribution in [1.29, 1.82) is 5.26 Å². The van der Waals surface area contributed by atoms with Gasteiger partial charge < -0.3 is 5.73 Å². The average Bonchev–Trinajstić information content (AvgIpc) is 3.05. The number of aromatic nitrogens is 4. The number of carbonyl (C=O) groups excluding carboxylic acids is 1. The third-order valence-corrected chi connectivity index (χ3v) is 3.14. The molecule has 2 heterocycles. The van der Waals surface area contributed by atoms with Crippen LogP contribution in [0.1, 0.15) is 16.1 Å². The highest BCUT2D eigenvalue weighted by atomic mass is 16.1. The summed E-state index contributed by atoms with van der Waals surface area (Å²) in [7, 11) is 0. The Balaban J connectivity index is 1.98. The van der Waals surface area contributed by atoms with Crippen molar-refractivity contribution in [2.75, 3.05) is 0 Å². The van der Waals surface area contributed by atoms with Gasteiger partial charge in [-0.05, 0) is 11.6 Å². The lowest BCUT2D eigenvalue weighted by Crippen LogP contribution is -2.12. The Hall–Kier alpha value is -3.53. The van der Waals surface area contributed by atoms with Gasteiger partial charge in [0.25, 0.3) is 5.91 Å². The number of benzene rings is 1. The number of primary amides is 1. The van der Waals surface area contributed by atoms with E-state index in [2.05, 4.69) is 26.5 Å². The fourth-order valence-corrected chi connectivity index (χ4v) is 2.08. The second-order valence-electron chi connectivity index (χ2n) is 4.54. The molecule has 0 aliphatic rings. The van der Waals surface area contributed by atoms with Gasteiger partial charge in [0, 0.05) is 23.5 Å². The number of nitrogens with two attached hydrogens (primary N) is 1. The molecule has 1 aromatic carbocycles. The van der Waals surface area contributed by atoms with E-state index in [4.69, 9.17) is 11.0 Å². The number of nitrogens with one attached hydrogen (secondary N) is 1. The van der Waals surface area contributed by atoms with Crippen molar-refractivity contribution in [3.63, 3.8) is 0 Å². The molecule has 106 valence electrons. The summed E-state index contributed by atoms with van der Waals surface area (Å²) in [5.41, 5.74) is 8.70. The van der Waals surface area contributed by atoms with Gasteiger partial charge in [0.2, 0.25) is 0 Å². The molecule has 7 nitrogen and oxygen atoms in total. The topological polar surface area (TPSA) is 121 Å². The van der Waals surface area contributed by atoms with Crippen LogP contribution in [0.3, 0.4) is 0 Å². The van der Waals surface area contributed by atoms with E-state index < -0.39 is 5.91 Å². The SMILES string of the molecule is N#Cc1cncc(-c2ccc(-c3n[nH]nc3C(N)=O)cc2)c1. The molecule has 2 aromatic heterocycles. The molecule has 0 saturated carbocycles. The highest BCUT2D eigenvalue weighted by Gasteiger charge is 2.15. The number of pyridine rings is 1. The van der Waals surface area contributed by atoms with Crippen molar-refractivity contribution < 1.29 is 4.79 Å². The van der Waals surface area contributed by atoms with E-state index in [1.807, 2.05) is 12.1 Å². The highest BCUT2D eigenvalue weighted by molar-refractivity contribution is 5.96. The van der Waals surface area contributed by atoms with Gasteiger partial charge >= 0.3 is 0 Å². The second kappa shape index (κ2) is 5.46. The molecular formula is C15H10N6O. The largest absolute Gasteiger partial charge is 0.364 e. The fraction of sp³-hybridized carbons (Fsp3) is 0. The molecule has 0 atom stereocenters. The molecule has 0 saturated heterocycles. The maximum atomic E-state index is 11.3. The van der Waals surface area contributed by atoms with Gasteiger partial charge in [0.15, 0.2) is 5.69 Å².